The van der Waals surface area contributed by atoms with Gasteiger partial charge in [-0.2, -0.15) is 0 Å². The summed E-state index contributed by atoms with van der Waals surface area (Å²) in [5, 5.41) is 3.43. The van der Waals surface area contributed by atoms with Gasteiger partial charge in [-0.05, 0) is 54.3 Å². The van der Waals surface area contributed by atoms with Gasteiger partial charge in [-0.25, -0.2) is 0 Å². The smallest absolute Gasteiger partial charge is 0.119 e. The molecule has 2 rings (SSSR count). The largest absolute Gasteiger partial charge is 0.497 e. The number of hydrogen-bond acceptors (Lipinski definition) is 3. The first-order chi connectivity index (χ1) is 10.7. The monoisotopic (exact) mass is 299 g/mol. The van der Waals surface area contributed by atoms with Crippen LogP contribution in [-0.2, 0) is 6.42 Å². The fourth-order valence-corrected chi connectivity index (χ4v) is 2.08. The Morgan fingerprint density at radius 3 is 2.14 bits per heavy atom. The van der Waals surface area contributed by atoms with Crippen LogP contribution in [-0.4, -0.2) is 20.3 Å². The molecule has 0 bridgehead atoms. The first kappa shape index (κ1) is 16.2. The van der Waals surface area contributed by atoms with Crippen molar-refractivity contribution in [1.29, 1.82) is 0 Å². The van der Waals surface area contributed by atoms with Gasteiger partial charge in [-0.1, -0.05) is 26.0 Å². The van der Waals surface area contributed by atoms with E-state index in [9.17, 15) is 0 Å². The van der Waals surface area contributed by atoms with Crippen LogP contribution in [0.4, 0.5) is 5.69 Å². The van der Waals surface area contributed by atoms with Crippen molar-refractivity contribution in [1.82, 2.24) is 0 Å². The van der Waals surface area contributed by atoms with Crippen LogP contribution in [0, 0.1) is 5.92 Å². The lowest BCUT2D eigenvalue weighted by Gasteiger charge is -2.10. The third kappa shape index (κ3) is 5.32. The van der Waals surface area contributed by atoms with E-state index >= 15 is 0 Å². The van der Waals surface area contributed by atoms with E-state index < -0.39 is 0 Å². The second kappa shape index (κ2) is 8.32. The van der Waals surface area contributed by atoms with Crippen LogP contribution in [0.3, 0.4) is 0 Å². The Bertz CT molecular complexity index is 547. The molecule has 2 aromatic rings. The molecule has 0 spiro atoms. The van der Waals surface area contributed by atoms with Gasteiger partial charge in [-0.15, -0.1) is 0 Å². The van der Waals surface area contributed by atoms with Crippen molar-refractivity contribution in [3.05, 3.63) is 54.1 Å². The molecule has 3 nitrogen and oxygen atoms in total. The number of ether oxygens (including phenoxy) is 2. The van der Waals surface area contributed by atoms with Crippen molar-refractivity contribution in [2.45, 2.75) is 20.3 Å². The van der Waals surface area contributed by atoms with Crippen LogP contribution >= 0.6 is 0 Å². The maximum Gasteiger partial charge on any atom is 0.119 e. The first-order valence-electron chi connectivity index (χ1n) is 7.77. The topological polar surface area (TPSA) is 30.5 Å². The van der Waals surface area contributed by atoms with Crippen molar-refractivity contribution in [2.75, 3.05) is 25.6 Å². The van der Waals surface area contributed by atoms with Gasteiger partial charge in [0.1, 0.15) is 11.5 Å². The van der Waals surface area contributed by atoms with E-state index in [1.807, 2.05) is 24.3 Å². The highest BCUT2D eigenvalue weighted by atomic mass is 16.5. The summed E-state index contributed by atoms with van der Waals surface area (Å²) in [6, 6.07) is 16.3. The summed E-state index contributed by atoms with van der Waals surface area (Å²) >= 11 is 0. The Hall–Kier alpha value is -2.16. The third-order valence-corrected chi connectivity index (χ3v) is 3.34. The van der Waals surface area contributed by atoms with Crippen LogP contribution in [0.2, 0.25) is 0 Å². The van der Waals surface area contributed by atoms with Crippen LogP contribution in [0.1, 0.15) is 19.4 Å². The zero-order chi connectivity index (χ0) is 15.8. The molecule has 0 saturated heterocycles. The van der Waals surface area contributed by atoms with E-state index in [2.05, 4.69) is 43.4 Å². The van der Waals surface area contributed by atoms with Gasteiger partial charge in [-0.3, -0.25) is 0 Å². The summed E-state index contributed by atoms with van der Waals surface area (Å²) in [5.74, 6) is 2.37. The standard InChI is InChI=1S/C19H25NO2/c1-15(2)14-22-19-10-6-17(7-11-19)20-13-12-16-4-8-18(21-3)9-5-16/h4-11,15,20H,12-14H2,1-3H3. The molecule has 118 valence electrons. The van der Waals surface area contributed by atoms with E-state index in [1.54, 1.807) is 7.11 Å². The highest BCUT2D eigenvalue weighted by Gasteiger charge is 1.99. The highest BCUT2D eigenvalue weighted by Crippen LogP contribution is 2.17. The molecule has 0 heterocycles. The van der Waals surface area contributed by atoms with Crippen LogP contribution in [0.25, 0.3) is 0 Å². The molecular formula is C19H25NO2. The Morgan fingerprint density at radius 2 is 1.55 bits per heavy atom. The van der Waals surface area contributed by atoms with E-state index in [0.717, 1.165) is 36.8 Å². The van der Waals surface area contributed by atoms with Crippen molar-refractivity contribution < 1.29 is 9.47 Å². The fourth-order valence-electron chi connectivity index (χ4n) is 2.08. The van der Waals surface area contributed by atoms with E-state index in [4.69, 9.17) is 9.47 Å². The number of hydrogen-bond donors (Lipinski definition) is 1. The van der Waals surface area contributed by atoms with Gasteiger partial charge in [0.05, 0.1) is 13.7 Å². The molecule has 22 heavy (non-hydrogen) atoms. The van der Waals surface area contributed by atoms with Crippen LogP contribution < -0.4 is 14.8 Å². The average molecular weight is 299 g/mol. The Morgan fingerprint density at radius 1 is 0.909 bits per heavy atom. The van der Waals surface area contributed by atoms with Crippen molar-refractivity contribution in [3.63, 3.8) is 0 Å². The minimum absolute atomic E-state index is 0.544. The lowest BCUT2D eigenvalue weighted by molar-refractivity contribution is 0.271. The van der Waals surface area contributed by atoms with Crippen LogP contribution in [0.5, 0.6) is 11.5 Å². The molecule has 0 amide bonds. The predicted molar refractivity (Wildman–Crippen MR) is 92.0 cm³/mol. The predicted octanol–water partition coefficient (Wildman–Crippen LogP) is 4.38. The molecule has 0 radical (unpaired) electrons. The molecule has 0 aliphatic heterocycles. The minimum Gasteiger partial charge on any atom is -0.497 e. The summed E-state index contributed by atoms with van der Waals surface area (Å²) in [7, 11) is 1.69. The summed E-state index contributed by atoms with van der Waals surface area (Å²) < 4.78 is 10.8. The molecule has 0 aromatic heterocycles. The molecule has 3 heteroatoms. The first-order valence-corrected chi connectivity index (χ1v) is 7.77. The number of rotatable bonds is 8. The van der Waals surface area contributed by atoms with E-state index in [-0.39, 0.29) is 0 Å². The molecule has 0 saturated carbocycles. The second-order valence-electron chi connectivity index (χ2n) is 5.75. The van der Waals surface area contributed by atoms with Crippen molar-refractivity contribution in [2.24, 2.45) is 5.92 Å². The van der Waals surface area contributed by atoms with Crippen molar-refractivity contribution in [3.8, 4) is 11.5 Å². The average Bonchev–Trinajstić information content (AvgIpc) is 2.55. The molecular weight excluding hydrogens is 274 g/mol. The molecule has 0 aliphatic carbocycles. The zero-order valence-electron chi connectivity index (χ0n) is 13.6. The minimum atomic E-state index is 0.544. The van der Waals surface area contributed by atoms with Gasteiger partial charge in [0.15, 0.2) is 0 Å². The van der Waals surface area contributed by atoms with Gasteiger partial charge < -0.3 is 14.8 Å². The molecule has 0 unspecified atom stereocenters. The quantitative estimate of drug-likeness (QED) is 0.784. The number of anilines is 1. The number of methoxy groups -OCH3 is 1. The van der Waals surface area contributed by atoms with Gasteiger partial charge >= 0.3 is 0 Å². The lowest BCUT2D eigenvalue weighted by Crippen LogP contribution is -2.06. The maximum atomic E-state index is 5.68. The van der Waals surface area contributed by atoms with Crippen LogP contribution in [0.15, 0.2) is 48.5 Å². The third-order valence-electron chi connectivity index (χ3n) is 3.34. The Balaban J connectivity index is 1.76. The molecule has 2 aromatic carbocycles. The molecule has 1 N–H and O–H groups in total. The Labute approximate surface area is 133 Å². The summed E-state index contributed by atoms with van der Waals surface area (Å²) in [6.07, 6.45) is 0.982. The van der Waals surface area contributed by atoms with Gasteiger partial charge in [0.2, 0.25) is 0 Å². The zero-order valence-corrected chi connectivity index (χ0v) is 13.6. The lowest BCUT2D eigenvalue weighted by atomic mass is 10.1. The molecule has 0 aliphatic rings. The second-order valence-corrected chi connectivity index (χ2v) is 5.75. The summed E-state index contributed by atoms with van der Waals surface area (Å²) in [6.45, 7) is 5.95. The number of nitrogens with one attached hydrogen (secondary N) is 1. The normalized spacial score (nSPS) is 10.5. The fraction of sp³-hybridized carbons (Fsp3) is 0.368. The van der Waals surface area contributed by atoms with Gasteiger partial charge in [0.25, 0.3) is 0 Å². The molecule has 0 fully saturated rings. The Kier molecular flexibility index (Phi) is 6.13. The van der Waals surface area contributed by atoms with E-state index in [1.165, 1.54) is 5.56 Å². The summed E-state index contributed by atoms with van der Waals surface area (Å²) in [5.41, 5.74) is 2.41. The van der Waals surface area contributed by atoms with Crippen molar-refractivity contribution >= 4 is 5.69 Å². The highest BCUT2D eigenvalue weighted by molar-refractivity contribution is 5.46. The summed E-state index contributed by atoms with van der Waals surface area (Å²) in [4.78, 5) is 0. The van der Waals surface area contributed by atoms with Gasteiger partial charge in [0, 0.05) is 12.2 Å². The number of benzene rings is 2. The van der Waals surface area contributed by atoms with E-state index in [0.29, 0.717) is 5.92 Å². The SMILES string of the molecule is COc1ccc(CCNc2ccc(OCC(C)C)cc2)cc1. The maximum absolute atomic E-state index is 5.68. The molecule has 0 atom stereocenters.